The maximum Gasteiger partial charge on any atom is 0.262 e. The van der Waals surface area contributed by atoms with Crippen molar-refractivity contribution in [1.29, 1.82) is 0 Å². The second-order valence-electron chi connectivity index (χ2n) is 4.74. The smallest absolute Gasteiger partial charge is 0.262 e. The number of carbonyl (C=O) groups is 1. The molecule has 0 bridgehead atoms. The first-order valence-corrected chi connectivity index (χ1v) is 7.43. The lowest BCUT2D eigenvalue weighted by atomic mass is 10.2. The summed E-state index contributed by atoms with van der Waals surface area (Å²) in [6, 6.07) is 7.30. The number of nitrogens with zero attached hydrogens (tertiary/aromatic N) is 3. The summed E-state index contributed by atoms with van der Waals surface area (Å²) in [5, 5.41) is 7.06. The highest BCUT2D eigenvalue weighted by Gasteiger charge is 2.20. The molecule has 0 aliphatic carbocycles. The lowest BCUT2D eigenvalue weighted by molar-refractivity contribution is 0.102. The van der Waals surface area contributed by atoms with Gasteiger partial charge in [-0.25, -0.2) is 14.1 Å². The summed E-state index contributed by atoms with van der Waals surface area (Å²) in [6.45, 7) is 0. The molecule has 0 radical (unpaired) electrons. The number of para-hydroxylation sites is 1. The lowest BCUT2D eigenvalue weighted by Crippen LogP contribution is -2.15. The predicted octanol–water partition coefficient (Wildman–Crippen LogP) is 3.55. The van der Waals surface area contributed by atoms with Crippen LogP contribution < -0.4 is 11.1 Å². The zero-order chi connectivity index (χ0) is 17.3. The van der Waals surface area contributed by atoms with E-state index in [9.17, 15) is 9.18 Å². The van der Waals surface area contributed by atoms with E-state index >= 15 is 0 Å². The highest BCUT2D eigenvalue weighted by Crippen LogP contribution is 2.26. The Morgan fingerprint density at radius 2 is 2.00 bits per heavy atom. The number of nitrogens with one attached hydrogen (secondary N) is 1. The second-order valence-corrected chi connectivity index (χ2v) is 5.58. The molecule has 0 atom stereocenters. The third-order valence-electron chi connectivity index (χ3n) is 3.17. The number of rotatable bonds is 3. The summed E-state index contributed by atoms with van der Waals surface area (Å²) < 4.78 is 15.1. The quantitative estimate of drug-likeness (QED) is 0.742. The molecule has 3 N–H and O–H groups in total. The number of hydrogen-bond acceptors (Lipinski definition) is 4. The Hall–Kier alpha value is -2.64. The Morgan fingerprint density at radius 1 is 1.21 bits per heavy atom. The van der Waals surface area contributed by atoms with Gasteiger partial charge in [0.25, 0.3) is 5.91 Å². The number of benzene rings is 1. The number of nitrogen functional groups attached to an aromatic ring is 1. The van der Waals surface area contributed by atoms with Crippen LogP contribution in [0.5, 0.6) is 0 Å². The molecule has 0 fully saturated rings. The van der Waals surface area contributed by atoms with Gasteiger partial charge in [0.05, 0.1) is 16.2 Å². The number of halogens is 3. The minimum absolute atomic E-state index is 0.0275. The highest BCUT2D eigenvalue weighted by atomic mass is 35.5. The molecule has 1 amide bonds. The molecule has 0 saturated carbocycles. The van der Waals surface area contributed by atoms with Crippen molar-refractivity contribution in [2.24, 2.45) is 0 Å². The van der Waals surface area contributed by atoms with E-state index < -0.39 is 11.7 Å². The molecular formula is C15H10Cl2FN5O. The van der Waals surface area contributed by atoms with Gasteiger partial charge in [-0.1, -0.05) is 29.3 Å². The number of amides is 1. The summed E-state index contributed by atoms with van der Waals surface area (Å²) in [5.41, 5.74) is 5.96. The van der Waals surface area contributed by atoms with Crippen LogP contribution in [0, 0.1) is 5.82 Å². The van der Waals surface area contributed by atoms with Crippen molar-refractivity contribution < 1.29 is 9.18 Å². The van der Waals surface area contributed by atoms with Crippen molar-refractivity contribution >= 4 is 40.7 Å². The highest BCUT2D eigenvalue weighted by molar-refractivity contribution is 6.32. The van der Waals surface area contributed by atoms with Crippen LogP contribution in [-0.2, 0) is 0 Å². The van der Waals surface area contributed by atoms with E-state index in [0.29, 0.717) is 10.8 Å². The first-order valence-electron chi connectivity index (χ1n) is 6.68. The fraction of sp³-hybridized carbons (Fsp3) is 0. The predicted molar refractivity (Wildman–Crippen MR) is 90.1 cm³/mol. The Balaban J connectivity index is 1.92. The minimum atomic E-state index is -0.608. The van der Waals surface area contributed by atoms with Crippen LogP contribution in [0.3, 0.4) is 0 Å². The first kappa shape index (κ1) is 16.2. The zero-order valence-electron chi connectivity index (χ0n) is 12.0. The molecule has 122 valence electrons. The fourth-order valence-corrected chi connectivity index (χ4v) is 2.39. The largest absolute Gasteiger partial charge is 0.383 e. The zero-order valence-corrected chi connectivity index (χ0v) is 13.5. The summed E-state index contributed by atoms with van der Waals surface area (Å²) >= 11 is 11.7. The van der Waals surface area contributed by atoms with E-state index in [2.05, 4.69) is 15.4 Å². The number of anilines is 2. The van der Waals surface area contributed by atoms with Gasteiger partial charge in [0.15, 0.2) is 0 Å². The van der Waals surface area contributed by atoms with E-state index in [1.807, 2.05) is 0 Å². The molecule has 2 aromatic heterocycles. The summed E-state index contributed by atoms with van der Waals surface area (Å²) in [4.78, 5) is 16.2. The monoisotopic (exact) mass is 365 g/mol. The standard InChI is InChI=1S/C15H10Cl2FN5O/c16-8-4-5-12(20-6-8)22-15(24)9-7-21-23(14(9)19)13-10(17)2-1-3-11(13)18/h1-7H,19H2,(H,20,22,24). The van der Waals surface area contributed by atoms with Gasteiger partial charge in [-0.3, -0.25) is 4.79 Å². The van der Waals surface area contributed by atoms with Gasteiger partial charge >= 0.3 is 0 Å². The Kier molecular flexibility index (Phi) is 4.37. The third kappa shape index (κ3) is 3.04. The third-order valence-corrected chi connectivity index (χ3v) is 3.70. The van der Waals surface area contributed by atoms with E-state index in [1.54, 1.807) is 6.07 Å². The maximum absolute atomic E-state index is 14.0. The van der Waals surface area contributed by atoms with Crippen molar-refractivity contribution in [2.75, 3.05) is 11.1 Å². The number of hydrogen-bond donors (Lipinski definition) is 2. The van der Waals surface area contributed by atoms with E-state index in [0.717, 1.165) is 4.68 Å². The van der Waals surface area contributed by atoms with Crippen LogP contribution in [0.4, 0.5) is 16.0 Å². The summed E-state index contributed by atoms with van der Waals surface area (Å²) in [5.74, 6) is -0.904. The molecule has 0 unspecified atom stereocenters. The molecule has 2 heterocycles. The SMILES string of the molecule is Nc1c(C(=O)Nc2ccc(Cl)cn2)cnn1-c1c(F)cccc1Cl. The number of carbonyl (C=O) groups excluding carboxylic acids is 1. The van der Waals surface area contributed by atoms with Crippen molar-refractivity contribution in [3.05, 3.63) is 64.2 Å². The molecule has 1 aromatic carbocycles. The van der Waals surface area contributed by atoms with Crippen LogP contribution in [0.2, 0.25) is 10.0 Å². The van der Waals surface area contributed by atoms with Gasteiger partial charge in [-0.15, -0.1) is 0 Å². The van der Waals surface area contributed by atoms with E-state index in [4.69, 9.17) is 28.9 Å². The van der Waals surface area contributed by atoms with Crippen molar-refractivity contribution in [1.82, 2.24) is 14.8 Å². The Labute approximate surface area is 146 Å². The van der Waals surface area contributed by atoms with Crippen LogP contribution in [0.1, 0.15) is 10.4 Å². The lowest BCUT2D eigenvalue weighted by Gasteiger charge is -2.08. The maximum atomic E-state index is 14.0. The molecule has 9 heteroatoms. The average Bonchev–Trinajstić information content (AvgIpc) is 2.91. The Bertz CT molecular complexity index is 890. The minimum Gasteiger partial charge on any atom is -0.383 e. The van der Waals surface area contributed by atoms with Crippen LogP contribution in [0.25, 0.3) is 5.69 Å². The first-order chi connectivity index (χ1) is 11.5. The van der Waals surface area contributed by atoms with Gasteiger partial charge in [0.1, 0.15) is 28.7 Å². The Morgan fingerprint density at radius 3 is 2.67 bits per heavy atom. The molecular weight excluding hydrogens is 356 g/mol. The van der Waals surface area contributed by atoms with Crippen molar-refractivity contribution in [3.8, 4) is 5.69 Å². The number of aromatic nitrogens is 3. The average molecular weight is 366 g/mol. The fourth-order valence-electron chi connectivity index (χ4n) is 2.04. The molecule has 0 aliphatic heterocycles. The molecule has 3 rings (SSSR count). The van der Waals surface area contributed by atoms with Crippen molar-refractivity contribution in [2.45, 2.75) is 0 Å². The summed E-state index contributed by atoms with van der Waals surface area (Å²) in [7, 11) is 0. The van der Waals surface area contributed by atoms with E-state index in [1.165, 1.54) is 36.7 Å². The molecule has 6 nitrogen and oxygen atoms in total. The summed E-state index contributed by atoms with van der Waals surface area (Å²) in [6.07, 6.45) is 2.62. The molecule has 0 aliphatic rings. The van der Waals surface area contributed by atoms with Gasteiger partial charge in [0, 0.05) is 6.20 Å². The normalized spacial score (nSPS) is 10.6. The topological polar surface area (TPSA) is 85.8 Å². The molecule has 24 heavy (non-hydrogen) atoms. The second kappa shape index (κ2) is 6.46. The van der Waals surface area contributed by atoms with Crippen LogP contribution in [-0.4, -0.2) is 20.7 Å². The van der Waals surface area contributed by atoms with E-state index in [-0.39, 0.29) is 22.1 Å². The van der Waals surface area contributed by atoms with Gasteiger partial charge < -0.3 is 11.1 Å². The molecule has 0 saturated heterocycles. The molecule has 3 aromatic rings. The number of pyridine rings is 1. The van der Waals surface area contributed by atoms with Gasteiger partial charge in [-0.2, -0.15) is 5.10 Å². The van der Waals surface area contributed by atoms with Crippen LogP contribution >= 0.6 is 23.2 Å². The van der Waals surface area contributed by atoms with Gasteiger partial charge in [-0.05, 0) is 24.3 Å². The number of nitrogens with two attached hydrogens (primary N) is 1. The van der Waals surface area contributed by atoms with Crippen molar-refractivity contribution in [3.63, 3.8) is 0 Å². The van der Waals surface area contributed by atoms with Gasteiger partial charge in [0.2, 0.25) is 0 Å². The molecule has 0 spiro atoms. The van der Waals surface area contributed by atoms with Crippen LogP contribution in [0.15, 0.2) is 42.7 Å².